The molecule has 0 saturated carbocycles. The molecular weight excluding hydrogens is 322 g/mol. The van der Waals surface area contributed by atoms with E-state index in [0.717, 1.165) is 6.42 Å². The average Bonchev–Trinajstić information content (AvgIpc) is 2.99. The monoisotopic (exact) mass is 343 g/mol. The van der Waals surface area contributed by atoms with Gasteiger partial charge < -0.3 is 15.0 Å². The zero-order valence-electron chi connectivity index (χ0n) is 13.2. The molecule has 2 saturated heterocycles. The van der Waals surface area contributed by atoms with Crippen LogP contribution in [0.1, 0.15) is 33.1 Å². The van der Waals surface area contributed by atoms with Gasteiger partial charge in [-0.2, -0.15) is 0 Å². The molecule has 2 atom stereocenters. The first kappa shape index (κ1) is 17.6. The van der Waals surface area contributed by atoms with Crippen molar-refractivity contribution in [2.24, 2.45) is 0 Å². The fraction of sp³-hybridized carbons (Fsp3) is 0.714. The van der Waals surface area contributed by atoms with Gasteiger partial charge in [0.1, 0.15) is 6.04 Å². The van der Waals surface area contributed by atoms with Gasteiger partial charge >= 0.3 is 12.0 Å². The maximum absolute atomic E-state index is 12.1. The van der Waals surface area contributed by atoms with Crippen LogP contribution < -0.4 is 10.6 Å². The molecule has 2 N–H and O–H groups in total. The summed E-state index contributed by atoms with van der Waals surface area (Å²) in [6.45, 7) is 3.73. The number of hydrogen-bond donors (Lipinski definition) is 2. The number of ether oxygens (including phenoxy) is 1. The van der Waals surface area contributed by atoms with Crippen molar-refractivity contribution in [1.82, 2.24) is 15.5 Å². The number of esters is 1. The summed E-state index contributed by atoms with van der Waals surface area (Å²) in [6.07, 6.45) is 1.88. The third-order valence-corrected chi connectivity index (χ3v) is 5.36. The van der Waals surface area contributed by atoms with E-state index in [1.807, 2.05) is 13.8 Å². The highest BCUT2D eigenvalue weighted by Gasteiger charge is 2.53. The fourth-order valence-electron chi connectivity index (χ4n) is 2.67. The third-order valence-electron chi connectivity index (χ3n) is 3.85. The maximum atomic E-state index is 12.1. The van der Waals surface area contributed by atoms with E-state index in [9.17, 15) is 19.2 Å². The predicted octanol–water partition coefficient (Wildman–Crippen LogP) is 0.219. The summed E-state index contributed by atoms with van der Waals surface area (Å²) in [4.78, 5) is 48.1. The Bertz CT molecular complexity index is 527. The van der Waals surface area contributed by atoms with Crippen LogP contribution in [0.15, 0.2) is 0 Å². The van der Waals surface area contributed by atoms with Gasteiger partial charge in [-0.05, 0) is 19.8 Å². The molecule has 0 radical (unpaired) electrons. The second-order valence-corrected chi connectivity index (χ2v) is 7.18. The van der Waals surface area contributed by atoms with Gasteiger partial charge in [-0.25, -0.2) is 9.59 Å². The molecule has 2 aliphatic heterocycles. The molecule has 4 amide bonds. The highest BCUT2D eigenvalue weighted by atomic mass is 32.2. The van der Waals surface area contributed by atoms with E-state index < -0.39 is 30.6 Å². The van der Waals surface area contributed by atoms with Gasteiger partial charge in [-0.3, -0.25) is 14.9 Å². The van der Waals surface area contributed by atoms with E-state index in [1.165, 1.54) is 0 Å². The molecule has 0 aromatic rings. The zero-order valence-corrected chi connectivity index (χ0v) is 14.0. The lowest BCUT2D eigenvalue weighted by Crippen LogP contribution is -2.47. The van der Waals surface area contributed by atoms with Crippen molar-refractivity contribution in [2.45, 2.75) is 44.0 Å². The van der Waals surface area contributed by atoms with Crippen molar-refractivity contribution < 1.29 is 23.9 Å². The number of thioether (sulfide) groups is 1. The van der Waals surface area contributed by atoms with Gasteiger partial charge in [-0.1, -0.05) is 6.92 Å². The largest absolute Gasteiger partial charge is 0.454 e. The van der Waals surface area contributed by atoms with Crippen molar-refractivity contribution in [3.05, 3.63) is 0 Å². The van der Waals surface area contributed by atoms with Crippen molar-refractivity contribution in [1.29, 1.82) is 0 Å². The van der Waals surface area contributed by atoms with E-state index in [4.69, 9.17) is 4.74 Å². The Labute approximate surface area is 138 Å². The molecule has 0 aromatic heterocycles. The van der Waals surface area contributed by atoms with Crippen LogP contribution in [0, 0.1) is 0 Å². The van der Waals surface area contributed by atoms with Crippen LogP contribution in [0.5, 0.6) is 0 Å². The Morgan fingerprint density at radius 3 is 2.87 bits per heavy atom. The number of carbonyl (C=O) groups excluding carboxylic acids is 4. The molecule has 0 bridgehead atoms. The van der Waals surface area contributed by atoms with E-state index in [1.54, 1.807) is 16.7 Å². The summed E-state index contributed by atoms with van der Waals surface area (Å²) in [7, 11) is 0. The number of nitrogens with one attached hydrogen (secondary N) is 2. The molecule has 8 nitrogen and oxygen atoms in total. The van der Waals surface area contributed by atoms with Crippen molar-refractivity contribution >= 4 is 35.6 Å². The number of hydrogen-bond acceptors (Lipinski definition) is 6. The lowest BCUT2D eigenvalue weighted by molar-refractivity contribution is -0.156. The topological polar surface area (TPSA) is 105 Å². The van der Waals surface area contributed by atoms with E-state index in [0.29, 0.717) is 25.1 Å². The maximum Gasteiger partial charge on any atom is 0.330 e. The first-order chi connectivity index (χ1) is 10.9. The van der Waals surface area contributed by atoms with Gasteiger partial charge in [0.15, 0.2) is 6.61 Å². The number of nitrogens with zero attached hydrogens (tertiary/aromatic N) is 1. The van der Waals surface area contributed by atoms with Crippen LogP contribution in [0.3, 0.4) is 0 Å². The minimum atomic E-state index is -0.701. The second kappa shape index (κ2) is 7.20. The van der Waals surface area contributed by atoms with Crippen LogP contribution >= 0.6 is 11.8 Å². The highest BCUT2D eigenvalue weighted by Crippen LogP contribution is 2.47. The van der Waals surface area contributed by atoms with Crippen LogP contribution in [0.2, 0.25) is 0 Å². The molecule has 2 rings (SSSR count). The molecule has 0 aliphatic carbocycles. The van der Waals surface area contributed by atoms with Gasteiger partial charge in [0.2, 0.25) is 5.91 Å². The Hall–Kier alpha value is -1.77. The number of fused-ring (bicyclic) bond motifs is 1. The van der Waals surface area contributed by atoms with Crippen molar-refractivity contribution in [3.63, 3.8) is 0 Å². The van der Waals surface area contributed by atoms with Gasteiger partial charge in [0.05, 0.1) is 4.87 Å². The lowest BCUT2D eigenvalue weighted by atomic mass is 10.2. The molecule has 0 aromatic carbocycles. The van der Waals surface area contributed by atoms with Crippen LogP contribution in [0.25, 0.3) is 0 Å². The summed E-state index contributed by atoms with van der Waals surface area (Å²) in [5.74, 6) is -0.920. The molecule has 2 heterocycles. The summed E-state index contributed by atoms with van der Waals surface area (Å²) in [5.41, 5.74) is 0. The molecule has 0 unspecified atom stereocenters. The van der Waals surface area contributed by atoms with Crippen LogP contribution in [-0.4, -0.2) is 58.5 Å². The Morgan fingerprint density at radius 1 is 1.43 bits per heavy atom. The molecule has 0 spiro atoms. The van der Waals surface area contributed by atoms with Gasteiger partial charge in [-0.15, -0.1) is 11.8 Å². The SMILES string of the molecule is CCCNC(=O)NC(=O)COC(=O)[C@H]1CS[C@]2(C)CCC(=O)N12. The number of carbonyl (C=O) groups is 4. The van der Waals surface area contributed by atoms with E-state index in [-0.39, 0.29) is 10.8 Å². The minimum Gasteiger partial charge on any atom is -0.454 e. The van der Waals surface area contributed by atoms with Crippen molar-refractivity contribution in [3.8, 4) is 0 Å². The Kier molecular flexibility index (Phi) is 5.51. The first-order valence-corrected chi connectivity index (χ1v) is 8.56. The lowest BCUT2D eigenvalue weighted by Gasteiger charge is -2.29. The molecule has 2 fully saturated rings. The van der Waals surface area contributed by atoms with E-state index in [2.05, 4.69) is 10.6 Å². The number of rotatable bonds is 5. The Morgan fingerprint density at radius 2 is 2.17 bits per heavy atom. The average molecular weight is 343 g/mol. The molecule has 23 heavy (non-hydrogen) atoms. The molecule has 9 heteroatoms. The minimum absolute atomic E-state index is 0.0668. The number of amides is 4. The fourth-order valence-corrected chi connectivity index (χ4v) is 4.09. The summed E-state index contributed by atoms with van der Waals surface area (Å²) in [5, 5.41) is 4.55. The van der Waals surface area contributed by atoms with Crippen LogP contribution in [0.4, 0.5) is 4.79 Å². The molecular formula is C14H21N3O5S. The standard InChI is InChI=1S/C14H21N3O5S/c1-3-6-15-13(21)16-10(18)7-22-12(20)9-8-23-14(2)5-4-11(19)17(9)14/h9H,3-8H2,1-2H3,(H2,15,16,18,21)/t9-,14-/m1/s1. The number of urea groups is 1. The number of imide groups is 1. The summed E-state index contributed by atoms with van der Waals surface area (Å²) < 4.78 is 4.96. The molecule has 128 valence electrons. The van der Waals surface area contributed by atoms with Crippen LogP contribution in [-0.2, 0) is 19.1 Å². The second-order valence-electron chi connectivity index (χ2n) is 5.68. The zero-order chi connectivity index (χ0) is 17.0. The van der Waals surface area contributed by atoms with E-state index >= 15 is 0 Å². The quantitative estimate of drug-likeness (QED) is 0.692. The normalized spacial score (nSPS) is 25.9. The predicted molar refractivity (Wildman–Crippen MR) is 83.5 cm³/mol. The molecule has 2 aliphatic rings. The van der Waals surface area contributed by atoms with Gasteiger partial charge in [0, 0.05) is 18.7 Å². The third kappa shape index (κ3) is 3.95. The Balaban J connectivity index is 1.80. The summed E-state index contributed by atoms with van der Waals surface area (Å²) in [6, 6.07) is -1.28. The smallest absolute Gasteiger partial charge is 0.330 e. The highest BCUT2D eigenvalue weighted by molar-refractivity contribution is 8.01. The first-order valence-electron chi connectivity index (χ1n) is 7.58. The van der Waals surface area contributed by atoms with Gasteiger partial charge in [0.25, 0.3) is 5.91 Å². The summed E-state index contributed by atoms with van der Waals surface area (Å²) >= 11 is 1.55. The van der Waals surface area contributed by atoms with Crippen molar-refractivity contribution in [2.75, 3.05) is 18.9 Å².